The monoisotopic (exact) mass is 379 g/mol. The van der Waals surface area contributed by atoms with Gasteiger partial charge in [0, 0.05) is 6.42 Å². The number of nitrogens with zero attached hydrogens (tertiary/aromatic N) is 1. The van der Waals surface area contributed by atoms with Crippen LogP contribution in [0.3, 0.4) is 0 Å². The van der Waals surface area contributed by atoms with Crippen molar-refractivity contribution in [3.8, 4) is 6.07 Å². The van der Waals surface area contributed by atoms with Gasteiger partial charge in [-0.3, -0.25) is 0 Å². The number of benzene rings is 2. The molecular weight excluding hydrogens is 354 g/mol. The molecule has 1 aliphatic heterocycles. The molecule has 3 N–H and O–H groups in total. The second kappa shape index (κ2) is 8.02. The highest BCUT2D eigenvalue weighted by molar-refractivity contribution is 5.44. The van der Waals surface area contributed by atoms with Crippen LogP contribution in [0.4, 0.5) is 0 Å². The van der Waals surface area contributed by atoms with Crippen LogP contribution >= 0.6 is 0 Å². The van der Waals surface area contributed by atoms with Gasteiger partial charge in [-0.05, 0) is 53.5 Å². The molecule has 0 bridgehead atoms. The van der Waals surface area contributed by atoms with Gasteiger partial charge in [-0.25, -0.2) is 0 Å². The Kier molecular flexibility index (Phi) is 5.47. The van der Waals surface area contributed by atoms with Crippen LogP contribution in [0.2, 0.25) is 0 Å². The molecule has 2 aromatic rings. The van der Waals surface area contributed by atoms with E-state index in [0.717, 1.165) is 11.1 Å². The Morgan fingerprint density at radius 3 is 2.39 bits per heavy atom. The van der Waals surface area contributed by atoms with E-state index in [1.54, 1.807) is 12.1 Å². The second-order valence-electron chi connectivity index (χ2n) is 7.88. The van der Waals surface area contributed by atoms with Gasteiger partial charge in [0.15, 0.2) is 0 Å². The first kappa shape index (κ1) is 19.1. The average molecular weight is 379 g/mol. The minimum absolute atomic E-state index is 0.199. The Labute approximate surface area is 164 Å². The van der Waals surface area contributed by atoms with E-state index in [0.29, 0.717) is 23.5 Å². The minimum Gasteiger partial charge on any atom is -0.394 e. The molecule has 5 heteroatoms. The number of rotatable bonds is 5. The molecule has 28 heavy (non-hydrogen) atoms. The first-order valence-electron chi connectivity index (χ1n) is 9.83. The largest absolute Gasteiger partial charge is 0.394 e. The lowest BCUT2D eigenvalue weighted by molar-refractivity contribution is -0.179. The van der Waals surface area contributed by atoms with Gasteiger partial charge in [-0.2, -0.15) is 5.26 Å². The Morgan fingerprint density at radius 1 is 1.04 bits per heavy atom. The summed E-state index contributed by atoms with van der Waals surface area (Å²) in [4.78, 5) is 0. The van der Waals surface area contributed by atoms with Crippen LogP contribution in [-0.4, -0.2) is 40.2 Å². The average Bonchev–Trinajstić information content (AvgIpc) is 3.56. The lowest BCUT2D eigenvalue weighted by atomic mass is 9.90. The smallest absolute Gasteiger partial charge is 0.111 e. The third-order valence-corrected chi connectivity index (χ3v) is 5.75. The van der Waals surface area contributed by atoms with Crippen molar-refractivity contribution in [3.05, 3.63) is 70.3 Å². The van der Waals surface area contributed by atoms with Crippen molar-refractivity contribution >= 4 is 0 Å². The summed E-state index contributed by atoms with van der Waals surface area (Å²) in [7, 11) is 0. The van der Waals surface area contributed by atoms with Crippen molar-refractivity contribution < 1.29 is 20.1 Å². The Bertz CT molecular complexity index is 869. The zero-order valence-corrected chi connectivity index (χ0v) is 15.7. The van der Waals surface area contributed by atoms with Crippen LogP contribution in [0, 0.1) is 11.3 Å². The highest BCUT2D eigenvalue weighted by Gasteiger charge is 2.37. The van der Waals surface area contributed by atoms with E-state index in [4.69, 9.17) is 4.74 Å². The summed E-state index contributed by atoms with van der Waals surface area (Å²) in [6.07, 6.45) is 0.0732. The number of aliphatic hydroxyl groups is 3. The summed E-state index contributed by atoms with van der Waals surface area (Å²) in [5, 5.41) is 39.4. The van der Waals surface area contributed by atoms with Gasteiger partial charge < -0.3 is 20.1 Å². The van der Waals surface area contributed by atoms with E-state index in [1.165, 1.54) is 18.4 Å². The second-order valence-corrected chi connectivity index (χ2v) is 7.88. The van der Waals surface area contributed by atoms with E-state index in [2.05, 4.69) is 30.3 Å². The molecule has 146 valence electrons. The molecule has 0 amide bonds. The van der Waals surface area contributed by atoms with E-state index in [-0.39, 0.29) is 13.0 Å². The third kappa shape index (κ3) is 3.96. The van der Waals surface area contributed by atoms with Gasteiger partial charge in [0.1, 0.15) is 12.2 Å². The zero-order chi connectivity index (χ0) is 19.7. The molecule has 0 radical (unpaired) electrons. The van der Waals surface area contributed by atoms with Crippen molar-refractivity contribution in [3.63, 3.8) is 0 Å². The van der Waals surface area contributed by atoms with Gasteiger partial charge in [0.2, 0.25) is 0 Å². The molecule has 2 fully saturated rings. The van der Waals surface area contributed by atoms with Crippen molar-refractivity contribution in [2.45, 2.75) is 56.0 Å². The predicted octanol–water partition coefficient (Wildman–Crippen LogP) is 2.57. The summed E-state index contributed by atoms with van der Waals surface area (Å²) in [6, 6.07) is 16.1. The van der Waals surface area contributed by atoms with Crippen LogP contribution in [0.5, 0.6) is 0 Å². The van der Waals surface area contributed by atoms with Crippen LogP contribution in [0.15, 0.2) is 42.5 Å². The van der Waals surface area contributed by atoms with Crippen molar-refractivity contribution in [1.82, 2.24) is 0 Å². The predicted molar refractivity (Wildman–Crippen MR) is 104 cm³/mol. The quantitative estimate of drug-likeness (QED) is 0.742. The van der Waals surface area contributed by atoms with Crippen LogP contribution < -0.4 is 0 Å². The Hall–Kier alpha value is -2.23. The zero-order valence-electron chi connectivity index (χ0n) is 15.7. The highest BCUT2D eigenvalue weighted by Crippen LogP contribution is 2.40. The molecule has 2 aliphatic rings. The molecule has 1 heterocycles. The maximum atomic E-state index is 10.4. The van der Waals surface area contributed by atoms with Gasteiger partial charge in [0.25, 0.3) is 0 Å². The number of ether oxygens (including phenoxy) is 1. The lowest BCUT2D eigenvalue weighted by Gasteiger charge is -2.37. The van der Waals surface area contributed by atoms with E-state index in [1.807, 2.05) is 6.07 Å². The maximum Gasteiger partial charge on any atom is 0.111 e. The van der Waals surface area contributed by atoms with Crippen LogP contribution in [-0.2, 0) is 11.2 Å². The molecule has 1 saturated heterocycles. The Balaban J connectivity index is 1.59. The molecule has 0 aromatic heterocycles. The summed E-state index contributed by atoms with van der Waals surface area (Å²) >= 11 is 0. The summed E-state index contributed by atoms with van der Waals surface area (Å²) in [6.45, 7) is -0.212. The molecule has 5 nitrogen and oxygen atoms in total. The first-order chi connectivity index (χ1) is 13.6. The molecule has 1 saturated carbocycles. The van der Waals surface area contributed by atoms with Crippen molar-refractivity contribution in [2.24, 2.45) is 0 Å². The molecule has 4 rings (SSSR count). The number of nitriles is 1. The third-order valence-electron chi connectivity index (χ3n) is 5.75. The summed E-state index contributed by atoms with van der Waals surface area (Å²) in [5.41, 5.74) is 4.64. The lowest BCUT2D eigenvalue weighted by Crippen LogP contribution is -2.44. The number of aliphatic hydroxyl groups excluding tert-OH is 3. The van der Waals surface area contributed by atoms with Gasteiger partial charge in [-0.1, -0.05) is 36.4 Å². The maximum absolute atomic E-state index is 10.4. The van der Waals surface area contributed by atoms with Crippen LogP contribution in [0.1, 0.15) is 59.1 Å². The van der Waals surface area contributed by atoms with Crippen molar-refractivity contribution in [1.29, 1.82) is 5.26 Å². The fourth-order valence-electron chi connectivity index (χ4n) is 3.94. The molecule has 1 aliphatic carbocycles. The topological polar surface area (TPSA) is 93.7 Å². The van der Waals surface area contributed by atoms with Gasteiger partial charge in [-0.15, -0.1) is 0 Å². The van der Waals surface area contributed by atoms with E-state index in [9.17, 15) is 20.6 Å². The molecule has 0 spiro atoms. The van der Waals surface area contributed by atoms with Gasteiger partial charge >= 0.3 is 0 Å². The molecular formula is C23H25NO4. The summed E-state index contributed by atoms with van der Waals surface area (Å²) < 4.78 is 5.79. The minimum atomic E-state index is -1.07. The van der Waals surface area contributed by atoms with E-state index >= 15 is 0 Å². The van der Waals surface area contributed by atoms with Crippen LogP contribution in [0.25, 0.3) is 0 Å². The number of hydrogen-bond acceptors (Lipinski definition) is 5. The van der Waals surface area contributed by atoms with Crippen molar-refractivity contribution in [2.75, 3.05) is 6.61 Å². The molecule has 2 aromatic carbocycles. The normalized spacial score (nSPS) is 27.4. The Morgan fingerprint density at radius 2 is 1.75 bits per heavy atom. The first-order valence-corrected chi connectivity index (χ1v) is 9.83. The molecule has 4 unspecified atom stereocenters. The SMILES string of the molecule is N#Cc1ccc(C2OC(CO)CC(O)C2O)cc1Cc1ccc(C2CC2)cc1. The molecule has 4 atom stereocenters. The fraction of sp³-hybridized carbons (Fsp3) is 0.435. The highest BCUT2D eigenvalue weighted by atomic mass is 16.5. The standard InChI is InChI=1S/C23H25NO4/c24-12-18-8-7-17(23-22(27)21(26)11-20(13-25)28-23)10-19(18)9-14-1-3-15(4-2-14)16-5-6-16/h1-4,7-8,10,16,20-23,25-27H,5-6,9,11,13H2. The summed E-state index contributed by atoms with van der Waals surface area (Å²) in [5.74, 6) is 0.711. The van der Waals surface area contributed by atoms with E-state index < -0.39 is 24.4 Å². The fourth-order valence-corrected chi connectivity index (χ4v) is 3.94. The van der Waals surface area contributed by atoms with Gasteiger partial charge in [0.05, 0.1) is 30.4 Å². The number of hydrogen-bond donors (Lipinski definition) is 3.